The first-order valence-corrected chi connectivity index (χ1v) is 9.27. The molecular formula is C19H14Br2O5. The van der Waals surface area contributed by atoms with E-state index in [2.05, 4.69) is 31.9 Å². The van der Waals surface area contributed by atoms with Crippen LogP contribution in [-0.2, 0) is 4.74 Å². The fourth-order valence-corrected chi connectivity index (χ4v) is 3.70. The summed E-state index contributed by atoms with van der Waals surface area (Å²) in [6.45, 7) is 1.74. The summed E-state index contributed by atoms with van der Waals surface area (Å²) in [7, 11) is 0. The van der Waals surface area contributed by atoms with Crippen LogP contribution in [0.1, 0.15) is 17.3 Å². The first-order chi connectivity index (χ1) is 12.4. The lowest BCUT2D eigenvalue weighted by molar-refractivity contribution is 0.0523. The van der Waals surface area contributed by atoms with Gasteiger partial charge in [0.05, 0.1) is 15.6 Å². The lowest BCUT2D eigenvalue weighted by atomic mass is 9.92. The first kappa shape index (κ1) is 18.5. The van der Waals surface area contributed by atoms with Gasteiger partial charge in [0.1, 0.15) is 22.8 Å². The maximum atomic E-state index is 12.5. The Morgan fingerprint density at radius 1 is 1.00 bits per heavy atom. The van der Waals surface area contributed by atoms with Crippen LogP contribution in [0.5, 0.6) is 17.2 Å². The highest BCUT2D eigenvalue weighted by molar-refractivity contribution is 9.11. The van der Waals surface area contributed by atoms with Crippen molar-refractivity contribution in [3.8, 4) is 28.4 Å². The van der Waals surface area contributed by atoms with Crippen molar-refractivity contribution in [2.75, 3.05) is 6.61 Å². The zero-order chi connectivity index (χ0) is 19.0. The van der Waals surface area contributed by atoms with E-state index in [1.807, 2.05) is 12.1 Å². The Balaban J connectivity index is 2.50. The van der Waals surface area contributed by atoms with E-state index >= 15 is 0 Å². The van der Waals surface area contributed by atoms with E-state index in [0.717, 1.165) is 5.39 Å². The molecule has 0 aromatic heterocycles. The van der Waals surface area contributed by atoms with Crippen molar-refractivity contribution in [3.05, 3.63) is 50.9 Å². The first-order valence-electron chi connectivity index (χ1n) is 7.68. The number of carbonyl (C=O) groups is 1. The van der Waals surface area contributed by atoms with E-state index < -0.39 is 5.97 Å². The lowest BCUT2D eigenvalue weighted by Crippen LogP contribution is -2.07. The third kappa shape index (κ3) is 3.01. The second-order valence-electron chi connectivity index (χ2n) is 5.50. The molecule has 0 saturated carbocycles. The summed E-state index contributed by atoms with van der Waals surface area (Å²) in [5.74, 6) is -1.62. The number of hydrogen-bond donors (Lipinski definition) is 3. The van der Waals surface area contributed by atoms with Gasteiger partial charge in [-0.3, -0.25) is 0 Å². The quantitative estimate of drug-likeness (QED) is 0.348. The number of benzene rings is 3. The third-order valence-electron chi connectivity index (χ3n) is 3.94. The molecule has 0 unspecified atom stereocenters. The van der Waals surface area contributed by atoms with E-state index in [-0.39, 0.29) is 45.0 Å². The van der Waals surface area contributed by atoms with Crippen LogP contribution in [0, 0.1) is 0 Å². The molecule has 0 fully saturated rings. The second-order valence-corrected chi connectivity index (χ2v) is 7.21. The number of halogens is 2. The molecule has 0 atom stereocenters. The number of carbonyl (C=O) groups excluding carboxylic acids is 1. The van der Waals surface area contributed by atoms with E-state index in [9.17, 15) is 20.1 Å². The van der Waals surface area contributed by atoms with Crippen molar-refractivity contribution in [2.24, 2.45) is 0 Å². The monoisotopic (exact) mass is 480 g/mol. The van der Waals surface area contributed by atoms with Crippen LogP contribution >= 0.6 is 31.9 Å². The average Bonchev–Trinajstić information content (AvgIpc) is 2.60. The van der Waals surface area contributed by atoms with Crippen LogP contribution < -0.4 is 0 Å². The Hall–Kier alpha value is -2.25. The molecule has 0 spiro atoms. The molecule has 0 amide bonds. The van der Waals surface area contributed by atoms with E-state index in [1.165, 1.54) is 6.07 Å². The molecule has 3 aromatic carbocycles. The standard InChI is InChI=1S/C19H14Br2O5/c1-2-26-19(25)15-13(22)8-12(21)18(24)16(15)14-10-6-4-3-5-9(10)7-11(20)17(14)23/h3-8,22-24H,2H2,1H3. The van der Waals surface area contributed by atoms with Gasteiger partial charge in [-0.1, -0.05) is 24.3 Å². The topological polar surface area (TPSA) is 87.0 Å². The Morgan fingerprint density at radius 2 is 1.62 bits per heavy atom. The molecule has 3 N–H and O–H groups in total. The summed E-state index contributed by atoms with van der Waals surface area (Å²) < 4.78 is 5.60. The number of ether oxygens (including phenoxy) is 1. The molecule has 0 aliphatic carbocycles. The number of phenols is 3. The van der Waals surface area contributed by atoms with Gasteiger partial charge >= 0.3 is 5.97 Å². The van der Waals surface area contributed by atoms with Gasteiger partial charge in [0.15, 0.2) is 0 Å². The third-order valence-corrected chi connectivity index (χ3v) is 5.15. The molecule has 0 radical (unpaired) electrons. The van der Waals surface area contributed by atoms with Crippen molar-refractivity contribution < 1.29 is 24.9 Å². The van der Waals surface area contributed by atoms with Gasteiger partial charge < -0.3 is 20.1 Å². The molecule has 3 aromatic rings. The Labute approximate surface area is 166 Å². The molecule has 134 valence electrons. The molecule has 0 heterocycles. The molecule has 26 heavy (non-hydrogen) atoms. The van der Waals surface area contributed by atoms with Crippen LogP contribution in [0.3, 0.4) is 0 Å². The van der Waals surface area contributed by atoms with Gasteiger partial charge in [0, 0.05) is 11.1 Å². The number of fused-ring (bicyclic) bond motifs is 1. The van der Waals surface area contributed by atoms with Crippen LogP contribution in [0.25, 0.3) is 21.9 Å². The highest BCUT2D eigenvalue weighted by Gasteiger charge is 2.28. The van der Waals surface area contributed by atoms with Gasteiger partial charge in [-0.25, -0.2) is 4.79 Å². The zero-order valence-electron chi connectivity index (χ0n) is 13.6. The van der Waals surface area contributed by atoms with Crippen molar-refractivity contribution in [3.63, 3.8) is 0 Å². The maximum Gasteiger partial charge on any atom is 0.342 e. The van der Waals surface area contributed by atoms with Crippen molar-refractivity contribution in [1.82, 2.24) is 0 Å². The van der Waals surface area contributed by atoms with Gasteiger partial charge in [0.25, 0.3) is 0 Å². The summed E-state index contributed by atoms with van der Waals surface area (Å²) in [6, 6.07) is 10.1. The Kier molecular flexibility index (Phi) is 5.11. The van der Waals surface area contributed by atoms with Crippen LogP contribution in [0.2, 0.25) is 0 Å². The normalized spacial score (nSPS) is 10.9. The van der Waals surface area contributed by atoms with Crippen LogP contribution in [0.4, 0.5) is 0 Å². The summed E-state index contributed by atoms with van der Waals surface area (Å²) in [5.41, 5.74) is -0.0106. The maximum absolute atomic E-state index is 12.5. The summed E-state index contributed by atoms with van der Waals surface area (Å²) in [6.07, 6.45) is 0. The minimum absolute atomic E-state index is 0.00896. The van der Waals surface area contributed by atoms with Crippen LogP contribution in [0.15, 0.2) is 45.3 Å². The Morgan fingerprint density at radius 3 is 2.31 bits per heavy atom. The average molecular weight is 482 g/mol. The molecule has 0 bridgehead atoms. The number of phenolic OH excluding ortho intramolecular Hbond substituents is 3. The predicted molar refractivity (Wildman–Crippen MR) is 106 cm³/mol. The number of aromatic hydroxyl groups is 3. The van der Waals surface area contributed by atoms with E-state index in [4.69, 9.17) is 4.74 Å². The van der Waals surface area contributed by atoms with Crippen molar-refractivity contribution in [1.29, 1.82) is 0 Å². The zero-order valence-corrected chi connectivity index (χ0v) is 16.8. The van der Waals surface area contributed by atoms with Gasteiger partial charge in [-0.15, -0.1) is 0 Å². The minimum atomic E-state index is -0.800. The molecule has 5 nitrogen and oxygen atoms in total. The highest BCUT2D eigenvalue weighted by Crippen LogP contribution is 2.50. The van der Waals surface area contributed by atoms with Crippen molar-refractivity contribution >= 4 is 48.6 Å². The predicted octanol–water partition coefficient (Wildman–Crippen LogP) is 5.33. The lowest BCUT2D eigenvalue weighted by Gasteiger charge is -2.17. The highest BCUT2D eigenvalue weighted by atomic mass is 79.9. The summed E-state index contributed by atoms with van der Waals surface area (Å²) in [4.78, 5) is 12.5. The fraction of sp³-hybridized carbons (Fsp3) is 0.105. The van der Waals surface area contributed by atoms with Gasteiger partial charge in [-0.2, -0.15) is 0 Å². The fourth-order valence-electron chi connectivity index (χ4n) is 2.84. The van der Waals surface area contributed by atoms with Gasteiger partial charge in [-0.05, 0) is 61.7 Å². The Bertz CT molecular complexity index is 1030. The number of hydrogen-bond acceptors (Lipinski definition) is 5. The summed E-state index contributed by atoms with van der Waals surface area (Å²) in [5, 5.41) is 33.1. The molecule has 7 heteroatoms. The van der Waals surface area contributed by atoms with Crippen molar-refractivity contribution in [2.45, 2.75) is 6.92 Å². The smallest absolute Gasteiger partial charge is 0.342 e. The van der Waals surface area contributed by atoms with E-state index in [0.29, 0.717) is 9.86 Å². The molecule has 0 aliphatic heterocycles. The molecular weight excluding hydrogens is 468 g/mol. The summed E-state index contributed by atoms with van der Waals surface area (Å²) >= 11 is 6.46. The molecule has 0 saturated heterocycles. The van der Waals surface area contributed by atoms with Crippen LogP contribution in [-0.4, -0.2) is 27.9 Å². The number of esters is 1. The number of rotatable bonds is 3. The minimum Gasteiger partial charge on any atom is -0.507 e. The van der Waals surface area contributed by atoms with E-state index in [1.54, 1.807) is 25.1 Å². The largest absolute Gasteiger partial charge is 0.507 e. The second kappa shape index (κ2) is 7.17. The van der Waals surface area contributed by atoms with Gasteiger partial charge in [0.2, 0.25) is 0 Å². The molecule has 0 aliphatic rings. The SMILES string of the molecule is CCOC(=O)c1c(O)cc(Br)c(O)c1-c1c(O)c(Br)cc2ccccc12. The molecule has 3 rings (SSSR count).